The molecule has 5 heteroatoms. The van der Waals surface area contributed by atoms with Crippen molar-refractivity contribution < 1.29 is 4.42 Å². The first kappa shape index (κ1) is 31.8. The summed E-state index contributed by atoms with van der Waals surface area (Å²) in [6, 6.07) is 51.6. The van der Waals surface area contributed by atoms with E-state index in [0.29, 0.717) is 17.5 Å². The van der Waals surface area contributed by atoms with Gasteiger partial charge in [0.05, 0.1) is 0 Å². The average Bonchev–Trinajstić information content (AvgIpc) is 3.76. The van der Waals surface area contributed by atoms with Gasteiger partial charge in [0.15, 0.2) is 17.5 Å². The first-order valence-corrected chi connectivity index (χ1v) is 19.2. The van der Waals surface area contributed by atoms with Gasteiger partial charge >= 0.3 is 0 Å². The zero-order valence-electron chi connectivity index (χ0n) is 30.2. The maximum absolute atomic E-state index is 6.26. The molecule has 1 fully saturated rings. The van der Waals surface area contributed by atoms with E-state index in [4.69, 9.17) is 19.4 Å². The standard InChI is InChI=1S/C50H36N4O/c1-6-26-50(27-7-1)43-12-4-2-10-39(43)40-24-22-36(29-44(40)50)32-14-18-34(19-15-32)47-52-48(35-20-16-33(17-21-35)38-9-8-28-51-31-38)54-49(53-47)37-23-25-42-41-11-3-5-13-45(41)55-46(42)30-37/h2-5,8-25,28-31H,1,6-7,26-27H2. The third-order valence-electron chi connectivity index (χ3n) is 11.9. The van der Waals surface area contributed by atoms with Crippen LogP contribution in [0.25, 0.3) is 89.5 Å². The third kappa shape index (κ3) is 5.30. The molecular formula is C50H36N4O. The number of benzene rings is 6. The van der Waals surface area contributed by atoms with Gasteiger partial charge in [-0.15, -0.1) is 0 Å². The molecule has 0 aliphatic heterocycles. The van der Waals surface area contributed by atoms with Gasteiger partial charge in [-0.05, 0) is 87.7 Å². The summed E-state index contributed by atoms with van der Waals surface area (Å²) in [7, 11) is 0. The van der Waals surface area contributed by atoms with E-state index in [1.807, 2.05) is 36.5 Å². The molecule has 0 saturated heterocycles. The van der Waals surface area contributed by atoms with Crippen LogP contribution in [0.15, 0.2) is 162 Å². The van der Waals surface area contributed by atoms with E-state index in [1.54, 1.807) is 6.20 Å². The lowest BCUT2D eigenvalue weighted by molar-refractivity contribution is 0.353. The lowest BCUT2D eigenvalue weighted by Gasteiger charge is -2.36. The number of furan rings is 1. The van der Waals surface area contributed by atoms with E-state index < -0.39 is 0 Å². The second-order valence-electron chi connectivity index (χ2n) is 15.0. The van der Waals surface area contributed by atoms with Crippen LogP contribution in [0.5, 0.6) is 0 Å². The van der Waals surface area contributed by atoms with Crippen molar-refractivity contribution in [3.8, 4) is 67.5 Å². The van der Waals surface area contributed by atoms with E-state index in [2.05, 4.69) is 120 Å². The molecule has 11 rings (SSSR count). The second-order valence-corrected chi connectivity index (χ2v) is 15.0. The Morgan fingerprint density at radius 2 is 1.02 bits per heavy atom. The molecule has 0 unspecified atom stereocenters. The summed E-state index contributed by atoms with van der Waals surface area (Å²) in [5.41, 5.74) is 14.9. The molecule has 1 spiro atoms. The van der Waals surface area contributed by atoms with E-state index in [0.717, 1.165) is 49.8 Å². The fourth-order valence-electron chi connectivity index (χ4n) is 9.11. The summed E-state index contributed by atoms with van der Waals surface area (Å²) in [5, 5.41) is 2.16. The van der Waals surface area contributed by atoms with Crippen molar-refractivity contribution in [3.63, 3.8) is 0 Å². The monoisotopic (exact) mass is 708 g/mol. The summed E-state index contributed by atoms with van der Waals surface area (Å²) in [4.78, 5) is 19.5. The van der Waals surface area contributed by atoms with Crippen LogP contribution in [0.2, 0.25) is 0 Å². The minimum atomic E-state index is 0.124. The number of aromatic nitrogens is 4. The predicted molar refractivity (Wildman–Crippen MR) is 221 cm³/mol. The minimum Gasteiger partial charge on any atom is -0.456 e. The van der Waals surface area contributed by atoms with Crippen LogP contribution in [0, 0.1) is 0 Å². The van der Waals surface area contributed by atoms with E-state index in [9.17, 15) is 0 Å². The van der Waals surface area contributed by atoms with Crippen molar-refractivity contribution in [2.45, 2.75) is 37.5 Å². The highest BCUT2D eigenvalue weighted by atomic mass is 16.3. The Bertz CT molecular complexity index is 2890. The van der Waals surface area contributed by atoms with Gasteiger partial charge in [-0.1, -0.05) is 135 Å². The maximum atomic E-state index is 6.26. The molecule has 0 amide bonds. The molecule has 9 aromatic rings. The topological polar surface area (TPSA) is 64.7 Å². The molecule has 55 heavy (non-hydrogen) atoms. The average molecular weight is 709 g/mol. The van der Waals surface area contributed by atoms with E-state index in [-0.39, 0.29) is 5.41 Å². The Kier molecular flexibility index (Phi) is 7.34. The van der Waals surface area contributed by atoms with Crippen LogP contribution < -0.4 is 0 Å². The molecule has 0 N–H and O–H groups in total. The summed E-state index contributed by atoms with van der Waals surface area (Å²) in [6.07, 6.45) is 10.00. The van der Waals surface area contributed by atoms with E-state index in [1.165, 1.54) is 65.5 Å². The highest BCUT2D eigenvalue weighted by molar-refractivity contribution is 6.05. The molecule has 262 valence electrons. The van der Waals surface area contributed by atoms with Crippen LogP contribution in [-0.4, -0.2) is 19.9 Å². The van der Waals surface area contributed by atoms with Gasteiger partial charge in [0, 0.05) is 45.3 Å². The molecule has 2 aliphatic carbocycles. The molecule has 3 aromatic heterocycles. The van der Waals surface area contributed by atoms with E-state index >= 15 is 0 Å². The Labute approximate surface area is 319 Å². The van der Waals surface area contributed by atoms with Crippen LogP contribution >= 0.6 is 0 Å². The summed E-state index contributed by atoms with van der Waals surface area (Å²) < 4.78 is 6.26. The first-order chi connectivity index (χ1) is 27.2. The number of para-hydroxylation sites is 1. The molecule has 0 bridgehead atoms. The lowest BCUT2D eigenvalue weighted by atomic mass is 9.67. The Morgan fingerprint density at radius 1 is 0.418 bits per heavy atom. The number of pyridine rings is 1. The third-order valence-corrected chi connectivity index (χ3v) is 11.9. The number of hydrogen-bond acceptors (Lipinski definition) is 5. The van der Waals surface area contributed by atoms with Gasteiger partial charge in [-0.3, -0.25) is 4.98 Å². The molecular weight excluding hydrogens is 673 g/mol. The smallest absolute Gasteiger partial charge is 0.164 e. The Balaban J connectivity index is 0.988. The van der Waals surface area contributed by atoms with Gasteiger partial charge in [-0.2, -0.15) is 0 Å². The molecule has 0 radical (unpaired) electrons. The number of hydrogen-bond donors (Lipinski definition) is 0. The first-order valence-electron chi connectivity index (χ1n) is 19.2. The molecule has 5 nitrogen and oxygen atoms in total. The zero-order valence-corrected chi connectivity index (χ0v) is 30.2. The summed E-state index contributed by atoms with van der Waals surface area (Å²) >= 11 is 0. The molecule has 3 heterocycles. The zero-order chi connectivity index (χ0) is 36.3. The van der Waals surface area contributed by atoms with Gasteiger partial charge in [0.25, 0.3) is 0 Å². The van der Waals surface area contributed by atoms with Gasteiger partial charge in [0.2, 0.25) is 0 Å². The lowest BCUT2D eigenvalue weighted by Crippen LogP contribution is -2.28. The molecule has 0 atom stereocenters. The van der Waals surface area contributed by atoms with Crippen molar-refractivity contribution >= 4 is 21.9 Å². The fourth-order valence-corrected chi connectivity index (χ4v) is 9.11. The van der Waals surface area contributed by atoms with Crippen LogP contribution in [-0.2, 0) is 5.41 Å². The highest BCUT2D eigenvalue weighted by Gasteiger charge is 2.43. The van der Waals surface area contributed by atoms with Crippen LogP contribution in [0.3, 0.4) is 0 Å². The number of rotatable bonds is 5. The fraction of sp³-hybridized carbons (Fsp3) is 0.120. The van der Waals surface area contributed by atoms with Gasteiger partial charge in [0.1, 0.15) is 11.2 Å². The van der Waals surface area contributed by atoms with Crippen molar-refractivity contribution in [2.75, 3.05) is 0 Å². The van der Waals surface area contributed by atoms with Crippen molar-refractivity contribution in [3.05, 3.63) is 169 Å². The van der Waals surface area contributed by atoms with Crippen LogP contribution in [0.4, 0.5) is 0 Å². The predicted octanol–water partition coefficient (Wildman–Crippen LogP) is 12.7. The van der Waals surface area contributed by atoms with Gasteiger partial charge < -0.3 is 4.42 Å². The normalized spacial score (nSPS) is 14.3. The van der Waals surface area contributed by atoms with Crippen LogP contribution in [0.1, 0.15) is 43.2 Å². The SMILES string of the molecule is c1cncc(-c2ccc(-c3nc(-c4ccc(-c5ccc6c(c5)C5(CCCCC5)c5ccccc5-6)cc4)nc(-c4ccc5c(c4)oc4ccccc45)n3)cc2)c1. The summed E-state index contributed by atoms with van der Waals surface area (Å²) in [6.45, 7) is 0. The Morgan fingerprint density at radius 3 is 1.76 bits per heavy atom. The Hall–Kier alpha value is -6.72. The molecule has 1 saturated carbocycles. The van der Waals surface area contributed by atoms with Crippen molar-refractivity contribution in [2.24, 2.45) is 0 Å². The molecule has 6 aromatic carbocycles. The highest BCUT2D eigenvalue weighted by Crippen LogP contribution is 2.56. The van der Waals surface area contributed by atoms with Gasteiger partial charge in [-0.25, -0.2) is 15.0 Å². The maximum Gasteiger partial charge on any atom is 0.164 e. The molecule has 2 aliphatic rings. The number of nitrogens with zero attached hydrogens (tertiary/aromatic N) is 4. The minimum absolute atomic E-state index is 0.124. The quantitative estimate of drug-likeness (QED) is 0.178. The van der Waals surface area contributed by atoms with Crippen molar-refractivity contribution in [1.82, 2.24) is 19.9 Å². The second kappa shape index (κ2) is 12.7. The van der Waals surface area contributed by atoms with Crippen molar-refractivity contribution in [1.29, 1.82) is 0 Å². The largest absolute Gasteiger partial charge is 0.456 e. The summed E-state index contributed by atoms with van der Waals surface area (Å²) in [5.74, 6) is 1.83. The number of fused-ring (bicyclic) bond motifs is 8.